The van der Waals surface area contributed by atoms with E-state index in [0.29, 0.717) is 33.5 Å². The highest BCUT2D eigenvalue weighted by Crippen LogP contribution is 2.38. The van der Waals surface area contributed by atoms with Crippen molar-refractivity contribution in [1.29, 1.82) is 0 Å². The van der Waals surface area contributed by atoms with Gasteiger partial charge in [0.2, 0.25) is 0 Å². The van der Waals surface area contributed by atoms with Crippen LogP contribution in [-0.4, -0.2) is 34.2 Å². The number of methoxy groups -OCH3 is 1. The van der Waals surface area contributed by atoms with E-state index < -0.39 is 11.9 Å². The van der Waals surface area contributed by atoms with Crippen LogP contribution in [0.25, 0.3) is 22.2 Å². The Morgan fingerprint density at radius 3 is 2.56 bits per heavy atom. The number of nitrogens with one attached hydrogen (secondary N) is 1. The molecule has 0 aliphatic rings. The monoisotopic (exact) mass is 403 g/mol. The lowest BCUT2D eigenvalue weighted by Gasteiger charge is -2.09. The van der Waals surface area contributed by atoms with Gasteiger partial charge in [-0.2, -0.15) is 0 Å². The summed E-state index contributed by atoms with van der Waals surface area (Å²) in [6, 6.07) is 10.0. The smallest absolute Gasteiger partial charge is 0.335 e. The lowest BCUT2D eigenvalue weighted by atomic mass is 10.0. The van der Waals surface area contributed by atoms with Gasteiger partial charge in [-0.15, -0.1) is 0 Å². The number of carbonyl (C=O) groups is 2. The molecule has 0 atom stereocenters. The second-order valence-corrected chi connectivity index (χ2v) is 6.37. The van der Waals surface area contributed by atoms with Gasteiger partial charge in [0.1, 0.15) is 5.75 Å². The number of rotatable bonds is 5. The minimum Gasteiger partial charge on any atom is -0.496 e. The van der Waals surface area contributed by atoms with Gasteiger partial charge in [0.05, 0.1) is 24.8 Å². The minimum atomic E-state index is -1.06. The SMILES string of the molecule is COc1ccc(Br)cc1-c1[nH]c2ccc(C(=O)O)cc2c1CC(=O)O. The first-order chi connectivity index (χ1) is 11.9. The molecule has 1 heterocycles. The van der Waals surface area contributed by atoms with Crippen LogP contribution < -0.4 is 4.74 Å². The molecule has 0 unspecified atom stereocenters. The third-order valence-corrected chi connectivity index (χ3v) is 4.41. The molecule has 0 aliphatic carbocycles. The molecule has 1 aromatic heterocycles. The molecule has 25 heavy (non-hydrogen) atoms. The highest BCUT2D eigenvalue weighted by atomic mass is 79.9. The number of carboxylic acid groups (broad SMARTS) is 2. The Labute approximate surface area is 151 Å². The van der Waals surface area contributed by atoms with Gasteiger partial charge in [-0.05, 0) is 42.0 Å². The van der Waals surface area contributed by atoms with Crippen LogP contribution in [0, 0.1) is 0 Å². The van der Waals surface area contributed by atoms with Gasteiger partial charge in [-0.3, -0.25) is 4.79 Å². The number of hydrogen-bond acceptors (Lipinski definition) is 3. The average Bonchev–Trinajstić information content (AvgIpc) is 2.92. The van der Waals surface area contributed by atoms with E-state index in [-0.39, 0.29) is 12.0 Å². The Hall–Kier alpha value is -2.80. The van der Waals surface area contributed by atoms with Gasteiger partial charge in [-0.25, -0.2) is 4.79 Å². The van der Waals surface area contributed by atoms with Gasteiger partial charge < -0.3 is 19.9 Å². The summed E-state index contributed by atoms with van der Waals surface area (Å²) in [4.78, 5) is 25.8. The Bertz CT molecular complexity index is 993. The second-order valence-electron chi connectivity index (χ2n) is 5.46. The number of ether oxygens (including phenoxy) is 1. The molecule has 0 radical (unpaired) electrons. The highest BCUT2D eigenvalue weighted by molar-refractivity contribution is 9.10. The van der Waals surface area contributed by atoms with Gasteiger partial charge >= 0.3 is 11.9 Å². The molecular formula is C18H14BrNO5. The predicted molar refractivity (Wildman–Crippen MR) is 96.3 cm³/mol. The topological polar surface area (TPSA) is 99.6 Å². The molecular weight excluding hydrogens is 390 g/mol. The first kappa shape index (κ1) is 17.0. The molecule has 3 aromatic rings. The molecule has 6 nitrogen and oxygen atoms in total. The van der Waals surface area contributed by atoms with Crippen molar-refractivity contribution in [3.63, 3.8) is 0 Å². The summed E-state index contributed by atoms with van der Waals surface area (Å²) in [5, 5.41) is 19.1. The number of carboxylic acids is 2. The zero-order chi connectivity index (χ0) is 18.1. The number of H-pyrrole nitrogens is 1. The number of aromatic amines is 1. The summed E-state index contributed by atoms with van der Waals surface area (Å²) in [6.45, 7) is 0. The van der Waals surface area contributed by atoms with Crippen LogP contribution in [0.5, 0.6) is 5.75 Å². The Kier molecular flexibility index (Phi) is 4.50. The molecule has 0 saturated carbocycles. The maximum Gasteiger partial charge on any atom is 0.335 e. The van der Waals surface area contributed by atoms with E-state index in [1.807, 2.05) is 12.1 Å². The van der Waals surface area contributed by atoms with Crippen molar-refractivity contribution >= 4 is 38.8 Å². The molecule has 3 N–H and O–H groups in total. The van der Waals surface area contributed by atoms with Crippen molar-refractivity contribution < 1.29 is 24.5 Å². The molecule has 128 valence electrons. The summed E-state index contributed by atoms with van der Waals surface area (Å²) in [5.74, 6) is -1.48. The summed E-state index contributed by atoms with van der Waals surface area (Å²) in [7, 11) is 1.54. The van der Waals surface area contributed by atoms with Crippen molar-refractivity contribution in [3.8, 4) is 17.0 Å². The van der Waals surface area contributed by atoms with Gasteiger partial charge in [-0.1, -0.05) is 15.9 Å². The lowest BCUT2D eigenvalue weighted by molar-refractivity contribution is -0.136. The maximum atomic E-state index is 11.4. The lowest BCUT2D eigenvalue weighted by Crippen LogP contribution is -2.02. The Morgan fingerprint density at radius 1 is 1.16 bits per heavy atom. The van der Waals surface area contributed by atoms with E-state index in [4.69, 9.17) is 4.74 Å². The van der Waals surface area contributed by atoms with E-state index in [1.165, 1.54) is 19.2 Å². The number of benzene rings is 2. The van der Waals surface area contributed by atoms with E-state index >= 15 is 0 Å². The number of aromatic nitrogens is 1. The Morgan fingerprint density at radius 2 is 1.92 bits per heavy atom. The third-order valence-electron chi connectivity index (χ3n) is 3.91. The molecule has 0 spiro atoms. The van der Waals surface area contributed by atoms with Gasteiger partial charge in [0.15, 0.2) is 0 Å². The van der Waals surface area contributed by atoms with Gasteiger partial charge in [0.25, 0.3) is 0 Å². The molecule has 0 amide bonds. The summed E-state index contributed by atoms with van der Waals surface area (Å²) >= 11 is 3.41. The van der Waals surface area contributed by atoms with Crippen LogP contribution in [-0.2, 0) is 11.2 Å². The van der Waals surface area contributed by atoms with E-state index in [0.717, 1.165) is 4.47 Å². The number of aliphatic carboxylic acids is 1. The summed E-state index contributed by atoms with van der Waals surface area (Å²) < 4.78 is 6.20. The van der Waals surface area contributed by atoms with Crippen molar-refractivity contribution in [1.82, 2.24) is 4.98 Å². The van der Waals surface area contributed by atoms with Crippen LogP contribution in [0.3, 0.4) is 0 Å². The van der Waals surface area contributed by atoms with E-state index in [9.17, 15) is 19.8 Å². The van der Waals surface area contributed by atoms with Crippen molar-refractivity contribution in [2.45, 2.75) is 6.42 Å². The molecule has 2 aromatic carbocycles. The number of fused-ring (bicyclic) bond motifs is 1. The number of hydrogen-bond donors (Lipinski definition) is 3. The van der Waals surface area contributed by atoms with Gasteiger partial charge in [0, 0.05) is 20.9 Å². The molecule has 7 heteroatoms. The average molecular weight is 404 g/mol. The fraction of sp³-hybridized carbons (Fsp3) is 0.111. The molecule has 3 rings (SSSR count). The largest absolute Gasteiger partial charge is 0.496 e. The van der Waals surface area contributed by atoms with Crippen LogP contribution in [0.1, 0.15) is 15.9 Å². The summed E-state index contributed by atoms with van der Waals surface area (Å²) in [5.41, 5.74) is 2.57. The predicted octanol–water partition coefficient (Wildman–Crippen LogP) is 3.93. The van der Waals surface area contributed by atoms with Crippen molar-refractivity contribution in [3.05, 3.63) is 52.0 Å². The fourth-order valence-electron chi connectivity index (χ4n) is 2.82. The Balaban J connectivity index is 2.32. The molecule has 0 aliphatic heterocycles. The van der Waals surface area contributed by atoms with Crippen molar-refractivity contribution in [2.75, 3.05) is 7.11 Å². The van der Waals surface area contributed by atoms with Crippen molar-refractivity contribution in [2.24, 2.45) is 0 Å². The first-order valence-corrected chi connectivity index (χ1v) is 8.13. The molecule has 0 bridgehead atoms. The van der Waals surface area contributed by atoms with Crippen LogP contribution in [0.4, 0.5) is 0 Å². The quantitative estimate of drug-likeness (QED) is 0.599. The second kappa shape index (κ2) is 6.60. The molecule has 0 saturated heterocycles. The van der Waals surface area contributed by atoms with E-state index in [2.05, 4.69) is 20.9 Å². The van der Waals surface area contributed by atoms with Crippen LogP contribution in [0.15, 0.2) is 40.9 Å². The molecule has 0 fully saturated rings. The van der Waals surface area contributed by atoms with E-state index in [1.54, 1.807) is 12.1 Å². The zero-order valence-corrected chi connectivity index (χ0v) is 14.8. The third kappa shape index (κ3) is 3.23. The minimum absolute atomic E-state index is 0.103. The number of aromatic carboxylic acids is 1. The standard InChI is InChI=1S/C18H14BrNO5/c1-25-15-5-3-10(19)7-13(15)17-12(8-16(21)22)11-6-9(18(23)24)2-4-14(11)20-17/h2-7,20H,8H2,1H3,(H,21,22)(H,23,24). The normalized spacial score (nSPS) is 10.8. The maximum absolute atomic E-state index is 11.4. The summed E-state index contributed by atoms with van der Waals surface area (Å²) in [6.07, 6.45) is -0.242. The first-order valence-electron chi connectivity index (χ1n) is 7.34. The highest BCUT2D eigenvalue weighted by Gasteiger charge is 2.20. The van der Waals surface area contributed by atoms with Crippen LogP contribution in [0.2, 0.25) is 0 Å². The zero-order valence-electron chi connectivity index (χ0n) is 13.2. The van der Waals surface area contributed by atoms with Crippen LogP contribution >= 0.6 is 15.9 Å². The fourth-order valence-corrected chi connectivity index (χ4v) is 3.18. The number of halogens is 1.